The fourth-order valence-electron chi connectivity index (χ4n) is 8.32. The van der Waals surface area contributed by atoms with Crippen molar-refractivity contribution in [3.63, 3.8) is 0 Å². The molecule has 274 valence electrons. The molecule has 2 unspecified atom stereocenters. The highest BCUT2D eigenvalue weighted by Gasteiger charge is 2.23. The highest BCUT2D eigenvalue weighted by molar-refractivity contribution is 5.86. The molecule has 0 aliphatic carbocycles. The summed E-state index contributed by atoms with van der Waals surface area (Å²) in [5.41, 5.74) is 14.7. The third kappa shape index (κ3) is 7.79. The van der Waals surface area contributed by atoms with Gasteiger partial charge in [-0.15, -0.1) is 0 Å². The van der Waals surface area contributed by atoms with Crippen molar-refractivity contribution in [2.45, 2.75) is 25.2 Å². The van der Waals surface area contributed by atoms with Gasteiger partial charge < -0.3 is 4.90 Å². The minimum atomic E-state index is 0.331. The first-order valence-electron chi connectivity index (χ1n) is 20.0. The van der Waals surface area contributed by atoms with E-state index in [9.17, 15) is 0 Å². The average molecular weight is 732 g/mol. The quantitative estimate of drug-likeness (QED) is 0.128. The molecule has 2 atom stereocenters. The summed E-state index contributed by atoms with van der Waals surface area (Å²) in [4.78, 5) is 2.35. The van der Waals surface area contributed by atoms with Crippen molar-refractivity contribution in [2.24, 2.45) is 0 Å². The molecule has 9 aromatic rings. The highest BCUT2D eigenvalue weighted by Crippen LogP contribution is 2.40. The van der Waals surface area contributed by atoms with Crippen LogP contribution >= 0.6 is 0 Å². The molecule has 57 heavy (non-hydrogen) atoms. The van der Waals surface area contributed by atoms with Crippen LogP contribution in [0.5, 0.6) is 0 Å². The SMILES string of the molecule is CC(c1ccc(-c2ccc(N(c3ccc(-c4ccccc4)cc3)c3ccc(-c4ccccc4)cc3)cc2)cc1)C(Cc1cccc2ccccc12)c1ccccc1. The Morgan fingerprint density at radius 1 is 0.333 bits per heavy atom. The Balaban J connectivity index is 0.996. The number of benzene rings is 9. The predicted octanol–water partition coefficient (Wildman–Crippen LogP) is 15.4. The van der Waals surface area contributed by atoms with Crippen molar-refractivity contribution in [2.75, 3.05) is 4.90 Å². The van der Waals surface area contributed by atoms with Crippen molar-refractivity contribution in [1.82, 2.24) is 0 Å². The lowest BCUT2D eigenvalue weighted by Crippen LogP contribution is -2.12. The van der Waals surface area contributed by atoms with Crippen LogP contribution in [0.15, 0.2) is 231 Å². The molecule has 0 aromatic heterocycles. The maximum absolute atomic E-state index is 2.39. The Morgan fingerprint density at radius 3 is 1.21 bits per heavy atom. The lowest BCUT2D eigenvalue weighted by atomic mass is 9.78. The molecule has 1 heteroatoms. The van der Waals surface area contributed by atoms with Gasteiger partial charge in [-0.3, -0.25) is 0 Å². The Hall–Kier alpha value is -6.96. The van der Waals surface area contributed by atoms with Gasteiger partial charge in [-0.05, 0) is 115 Å². The van der Waals surface area contributed by atoms with Gasteiger partial charge in [-0.2, -0.15) is 0 Å². The van der Waals surface area contributed by atoms with E-state index in [0.717, 1.165) is 23.5 Å². The summed E-state index contributed by atoms with van der Waals surface area (Å²) in [5.74, 6) is 0.676. The molecule has 1 nitrogen and oxygen atoms in total. The van der Waals surface area contributed by atoms with Gasteiger partial charge in [0.05, 0.1) is 0 Å². The number of fused-ring (bicyclic) bond motifs is 1. The van der Waals surface area contributed by atoms with E-state index in [0.29, 0.717) is 11.8 Å². The Morgan fingerprint density at radius 2 is 0.719 bits per heavy atom. The van der Waals surface area contributed by atoms with Crippen LogP contribution < -0.4 is 4.90 Å². The van der Waals surface area contributed by atoms with Crippen LogP contribution in [0.25, 0.3) is 44.2 Å². The van der Waals surface area contributed by atoms with Crippen molar-refractivity contribution >= 4 is 27.8 Å². The molecular formula is C56H45N. The molecule has 9 rings (SSSR count). The lowest BCUT2D eigenvalue weighted by molar-refractivity contribution is 0.574. The summed E-state index contributed by atoms with van der Waals surface area (Å²) in [6.07, 6.45) is 0.982. The minimum absolute atomic E-state index is 0.331. The molecule has 0 heterocycles. The highest BCUT2D eigenvalue weighted by atomic mass is 15.1. The maximum Gasteiger partial charge on any atom is 0.0462 e. The van der Waals surface area contributed by atoms with E-state index in [2.05, 4.69) is 242 Å². The maximum atomic E-state index is 2.39. The van der Waals surface area contributed by atoms with Gasteiger partial charge in [-0.25, -0.2) is 0 Å². The zero-order chi connectivity index (χ0) is 38.4. The molecule has 0 aliphatic rings. The van der Waals surface area contributed by atoms with E-state index < -0.39 is 0 Å². The van der Waals surface area contributed by atoms with Gasteiger partial charge in [0.15, 0.2) is 0 Å². The van der Waals surface area contributed by atoms with Crippen LogP contribution in [0.3, 0.4) is 0 Å². The standard InChI is InChI=1S/C56H45N/c1-41(56(50-18-9-4-10-19-50)40-51-22-13-21-49-20-11-12-23-55(49)51)42-24-26-45(27-25-42)48-32-38-54(39-33-48)57(52-34-28-46(29-35-52)43-14-5-2-6-15-43)53-36-30-47(31-37-53)44-16-7-3-8-17-44/h2-39,41,56H,40H2,1H3. The summed E-state index contributed by atoms with van der Waals surface area (Å²) >= 11 is 0. The molecule has 0 radical (unpaired) electrons. The van der Waals surface area contributed by atoms with Crippen molar-refractivity contribution < 1.29 is 0 Å². The first-order valence-corrected chi connectivity index (χ1v) is 20.0. The number of hydrogen-bond acceptors (Lipinski definition) is 1. The minimum Gasteiger partial charge on any atom is -0.311 e. The number of hydrogen-bond donors (Lipinski definition) is 0. The Kier molecular flexibility index (Phi) is 10.3. The molecular weight excluding hydrogens is 687 g/mol. The number of nitrogens with zero attached hydrogens (tertiary/aromatic N) is 1. The normalized spacial score (nSPS) is 12.2. The van der Waals surface area contributed by atoms with Crippen LogP contribution in [0, 0.1) is 0 Å². The lowest BCUT2D eigenvalue weighted by Gasteiger charge is -2.26. The second-order valence-corrected chi connectivity index (χ2v) is 15.0. The van der Waals surface area contributed by atoms with Crippen molar-refractivity contribution in [3.05, 3.63) is 247 Å². The molecule has 0 bridgehead atoms. The van der Waals surface area contributed by atoms with E-state index in [1.54, 1.807) is 0 Å². The molecule has 0 spiro atoms. The third-order valence-corrected chi connectivity index (χ3v) is 11.5. The number of rotatable bonds is 11. The fourth-order valence-corrected chi connectivity index (χ4v) is 8.32. The van der Waals surface area contributed by atoms with E-state index in [4.69, 9.17) is 0 Å². The van der Waals surface area contributed by atoms with Crippen LogP contribution in [0.4, 0.5) is 17.1 Å². The summed E-state index contributed by atoms with van der Waals surface area (Å²) in [7, 11) is 0. The van der Waals surface area contributed by atoms with Crippen LogP contribution in [0.1, 0.15) is 35.4 Å². The van der Waals surface area contributed by atoms with Crippen LogP contribution in [-0.4, -0.2) is 0 Å². The zero-order valence-corrected chi connectivity index (χ0v) is 32.2. The van der Waals surface area contributed by atoms with Gasteiger partial charge in [0.25, 0.3) is 0 Å². The molecule has 0 saturated carbocycles. The Labute approximate surface area is 337 Å². The van der Waals surface area contributed by atoms with Gasteiger partial charge in [0.1, 0.15) is 0 Å². The van der Waals surface area contributed by atoms with Gasteiger partial charge in [0, 0.05) is 17.1 Å². The molecule has 0 N–H and O–H groups in total. The van der Waals surface area contributed by atoms with E-state index in [1.807, 2.05) is 0 Å². The van der Waals surface area contributed by atoms with Crippen molar-refractivity contribution in [3.8, 4) is 33.4 Å². The second-order valence-electron chi connectivity index (χ2n) is 15.0. The molecule has 9 aromatic carbocycles. The van der Waals surface area contributed by atoms with Crippen LogP contribution in [0.2, 0.25) is 0 Å². The van der Waals surface area contributed by atoms with Gasteiger partial charge in [0.2, 0.25) is 0 Å². The van der Waals surface area contributed by atoms with E-state index in [1.165, 1.54) is 60.8 Å². The monoisotopic (exact) mass is 731 g/mol. The van der Waals surface area contributed by atoms with E-state index >= 15 is 0 Å². The third-order valence-electron chi connectivity index (χ3n) is 11.5. The largest absolute Gasteiger partial charge is 0.311 e. The first-order chi connectivity index (χ1) is 28.2. The summed E-state index contributed by atoms with van der Waals surface area (Å²) < 4.78 is 0. The fraction of sp³-hybridized carbons (Fsp3) is 0.0714. The smallest absolute Gasteiger partial charge is 0.0462 e. The topological polar surface area (TPSA) is 3.24 Å². The first kappa shape index (κ1) is 35.7. The second kappa shape index (κ2) is 16.4. The Bertz CT molecular complexity index is 2580. The molecule has 0 saturated heterocycles. The summed E-state index contributed by atoms with van der Waals surface area (Å²) in [6.45, 7) is 2.39. The van der Waals surface area contributed by atoms with Gasteiger partial charge in [-0.1, -0.05) is 201 Å². The zero-order valence-electron chi connectivity index (χ0n) is 32.2. The van der Waals surface area contributed by atoms with Gasteiger partial charge >= 0.3 is 0 Å². The molecule has 0 amide bonds. The van der Waals surface area contributed by atoms with Crippen LogP contribution in [-0.2, 0) is 6.42 Å². The number of anilines is 3. The van der Waals surface area contributed by atoms with E-state index in [-0.39, 0.29) is 0 Å². The molecule has 0 aliphatic heterocycles. The summed E-state index contributed by atoms with van der Waals surface area (Å²) in [6, 6.07) is 83.7. The predicted molar refractivity (Wildman–Crippen MR) is 243 cm³/mol. The van der Waals surface area contributed by atoms with Crippen molar-refractivity contribution in [1.29, 1.82) is 0 Å². The summed E-state index contributed by atoms with van der Waals surface area (Å²) in [5, 5.41) is 2.65. The average Bonchev–Trinajstić information content (AvgIpc) is 3.30. The molecule has 0 fully saturated rings.